The lowest BCUT2D eigenvalue weighted by molar-refractivity contribution is 0.571. The first-order chi connectivity index (χ1) is 11.1. The molecule has 0 aliphatic carbocycles. The molecule has 0 radical (unpaired) electrons. The molecule has 0 saturated heterocycles. The third-order valence-corrected chi connectivity index (χ3v) is 5.00. The Balaban J connectivity index is 1.58. The first-order valence-corrected chi connectivity index (χ1v) is 8.70. The Morgan fingerprint density at radius 2 is 1.83 bits per heavy atom. The van der Waals surface area contributed by atoms with E-state index in [9.17, 15) is 12.8 Å². The largest absolute Gasteiger partial charge is 0.331 e. The van der Waals surface area contributed by atoms with E-state index in [0.717, 1.165) is 23.2 Å². The highest BCUT2D eigenvalue weighted by Gasteiger charge is 2.13. The molecular weight excluding hydrogens is 317 g/mol. The summed E-state index contributed by atoms with van der Waals surface area (Å²) in [5.41, 5.74) is 1.94. The van der Waals surface area contributed by atoms with Gasteiger partial charge in [-0.3, -0.25) is 0 Å². The van der Waals surface area contributed by atoms with Gasteiger partial charge in [-0.25, -0.2) is 22.5 Å². The summed E-state index contributed by atoms with van der Waals surface area (Å²) in [4.78, 5) is 4.35. The fourth-order valence-electron chi connectivity index (χ4n) is 2.34. The fourth-order valence-corrected chi connectivity index (χ4v) is 3.42. The van der Waals surface area contributed by atoms with Gasteiger partial charge in [0.05, 0.1) is 22.3 Å². The molecule has 0 atom stereocenters. The van der Waals surface area contributed by atoms with E-state index in [-0.39, 0.29) is 4.90 Å². The molecule has 7 heteroatoms. The zero-order valence-corrected chi connectivity index (χ0v) is 13.1. The average molecular weight is 333 g/mol. The van der Waals surface area contributed by atoms with Crippen molar-refractivity contribution < 1.29 is 12.8 Å². The Kier molecular flexibility index (Phi) is 4.40. The first-order valence-electron chi connectivity index (χ1n) is 7.21. The SMILES string of the molecule is O=S(=O)(NCCCn1cnc2ccccc21)c1ccc(F)cc1. The molecule has 1 heterocycles. The molecule has 1 N–H and O–H groups in total. The zero-order valence-electron chi connectivity index (χ0n) is 12.3. The van der Waals surface area contributed by atoms with Crippen LogP contribution in [0.15, 0.2) is 59.8 Å². The van der Waals surface area contributed by atoms with Gasteiger partial charge in [0.15, 0.2) is 0 Å². The monoisotopic (exact) mass is 333 g/mol. The summed E-state index contributed by atoms with van der Waals surface area (Å²) in [5, 5.41) is 0. The van der Waals surface area contributed by atoms with Crippen LogP contribution in [0.2, 0.25) is 0 Å². The quantitative estimate of drug-likeness (QED) is 0.705. The number of hydrogen-bond acceptors (Lipinski definition) is 3. The Morgan fingerprint density at radius 3 is 2.61 bits per heavy atom. The maximum absolute atomic E-state index is 12.8. The molecule has 120 valence electrons. The van der Waals surface area contributed by atoms with Crippen molar-refractivity contribution in [3.8, 4) is 0 Å². The first kappa shape index (κ1) is 15.6. The summed E-state index contributed by atoms with van der Waals surface area (Å²) in [7, 11) is -3.60. The number of hydrogen-bond donors (Lipinski definition) is 1. The zero-order chi connectivity index (χ0) is 16.3. The molecule has 23 heavy (non-hydrogen) atoms. The van der Waals surface area contributed by atoms with Crippen LogP contribution >= 0.6 is 0 Å². The van der Waals surface area contributed by atoms with Crippen molar-refractivity contribution in [2.45, 2.75) is 17.9 Å². The Bertz CT molecular complexity index is 904. The summed E-state index contributed by atoms with van der Waals surface area (Å²) in [6.45, 7) is 0.957. The number of aryl methyl sites for hydroxylation is 1. The fraction of sp³-hybridized carbons (Fsp3) is 0.188. The predicted molar refractivity (Wildman–Crippen MR) is 85.9 cm³/mol. The number of sulfonamides is 1. The van der Waals surface area contributed by atoms with Gasteiger partial charge in [-0.15, -0.1) is 0 Å². The van der Waals surface area contributed by atoms with Crippen LogP contribution in [0.1, 0.15) is 6.42 Å². The van der Waals surface area contributed by atoms with Crippen molar-refractivity contribution in [1.82, 2.24) is 14.3 Å². The number of halogens is 1. The van der Waals surface area contributed by atoms with Crippen LogP contribution < -0.4 is 4.72 Å². The lowest BCUT2D eigenvalue weighted by atomic mass is 10.3. The normalized spacial score (nSPS) is 11.9. The lowest BCUT2D eigenvalue weighted by Crippen LogP contribution is -2.25. The number of rotatable bonds is 6. The second-order valence-electron chi connectivity index (χ2n) is 5.13. The van der Waals surface area contributed by atoms with E-state index in [1.54, 1.807) is 6.33 Å². The Hall–Kier alpha value is -2.25. The molecule has 0 unspecified atom stereocenters. The summed E-state index contributed by atoms with van der Waals surface area (Å²) in [6, 6.07) is 12.5. The summed E-state index contributed by atoms with van der Waals surface area (Å²) >= 11 is 0. The third kappa shape index (κ3) is 3.57. The number of para-hydroxylation sites is 2. The highest BCUT2D eigenvalue weighted by atomic mass is 32.2. The molecule has 0 saturated carbocycles. The van der Waals surface area contributed by atoms with Crippen LogP contribution in [0, 0.1) is 5.82 Å². The van der Waals surface area contributed by atoms with Crippen molar-refractivity contribution >= 4 is 21.1 Å². The van der Waals surface area contributed by atoms with Gasteiger partial charge in [-0.1, -0.05) is 12.1 Å². The lowest BCUT2D eigenvalue weighted by Gasteiger charge is -2.07. The van der Waals surface area contributed by atoms with E-state index in [1.807, 2.05) is 28.8 Å². The van der Waals surface area contributed by atoms with Crippen molar-refractivity contribution in [1.29, 1.82) is 0 Å². The molecule has 0 fully saturated rings. The molecule has 0 amide bonds. The summed E-state index contributed by atoms with van der Waals surface area (Å²) < 4.78 is 41.5. The number of aromatic nitrogens is 2. The number of nitrogens with zero attached hydrogens (tertiary/aromatic N) is 2. The molecule has 1 aromatic heterocycles. The molecule has 5 nitrogen and oxygen atoms in total. The second kappa shape index (κ2) is 6.47. The van der Waals surface area contributed by atoms with E-state index in [2.05, 4.69) is 9.71 Å². The Labute approximate surface area is 133 Å². The highest BCUT2D eigenvalue weighted by Crippen LogP contribution is 2.12. The Morgan fingerprint density at radius 1 is 1.09 bits per heavy atom. The van der Waals surface area contributed by atoms with Crippen LogP contribution in [0.3, 0.4) is 0 Å². The van der Waals surface area contributed by atoms with Crippen molar-refractivity contribution in [2.24, 2.45) is 0 Å². The number of benzene rings is 2. The smallest absolute Gasteiger partial charge is 0.240 e. The molecular formula is C16H16FN3O2S. The van der Waals surface area contributed by atoms with E-state index < -0.39 is 15.8 Å². The van der Waals surface area contributed by atoms with Crippen molar-refractivity contribution in [3.05, 3.63) is 60.7 Å². The number of imidazole rings is 1. The van der Waals surface area contributed by atoms with Gasteiger partial charge in [0.25, 0.3) is 0 Å². The van der Waals surface area contributed by atoms with Gasteiger partial charge in [0, 0.05) is 13.1 Å². The molecule has 3 rings (SSSR count). The molecule has 2 aromatic carbocycles. The molecule has 0 aliphatic heterocycles. The van der Waals surface area contributed by atoms with Crippen LogP contribution in [-0.4, -0.2) is 24.5 Å². The minimum Gasteiger partial charge on any atom is -0.331 e. The number of fused-ring (bicyclic) bond motifs is 1. The van der Waals surface area contributed by atoms with Crippen LogP contribution in [0.5, 0.6) is 0 Å². The molecule has 3 aromatic rings. The van der Waals surface area contributed by atoms with Crippen LogP contribution in [0.4, 0.5) is 4.39 Å². The van der Waals surface area contributed by atoms with E-state index in [1.165, 1.54) is 12.1 Å². The molecule has 0 bridgehead atoms. The van der Waals surface area contributed by atoms with Crippen molar-refractivity contribution in [3.63, 3.8) is 0 Å². The molecule has 0 aliphatic rings. The maximum atomic E-state index is 12.8. The van der Waals surface area contributed by atoms with Gasteiger partial charge in [0.2, 0.25) is 10.0 Å². The topological polar surface area (TPSA) is 64.0 Å². The maximum Gasteiger partial charge on any atom is 0.240 e. The van der Waals surface area contributed by atoms with Crippen molar-refractivity contribution in [2.75, 3.05) is 6.54 Å². The third-order valence-electron chi connectivity index (χ3n) is 3.52. The van der Waals surface area contributed by atoms with E-state index in [4.69, 9.17) is 0 Å². The van der Waals surface area contributed by atoms with Gasteiger partial charge >= 0.3 is 0 Å². The predicted octanol–water partition coefficient (Wildman–Crippen LogP) is 2.54. The second-order valence-corrected chi connectivity index (χ2v) is 6.90. The number of nitrogens with one attached hydrogen (secondary N) is 1. The van der Waals surface area contributed by atoms with E-state index in [0.29, 0.717) is 19.5 Å². The van der Waals surface area contributed by atoms with Gasteiger partial charge in [0.1, 0.15) is 5.82 Å². The summed E-state index contributed by atoms with van der Waals surface area (Å²) in [5.74, 6) is -0.462. The average Bonchev–Trinajstić information content (AvgIpc) is 2.95. The minimum absolute atomic E-state index is 0.0620. The van der Waals surface area contributed by atoms with Gasteiger partial charge in [-0.2, -0.15) is 0 Å². The highest BCUT2D eigenvalue weighted by molar-refractivity contribution is 7.89. The van der Waals surface area contributed by atoms with Gasteiger partial charge in [-0.05, 0) is 42.8 Å². The summed E-state index contributed by atoms with van der Waals surface area (Å²) in [6.07, 6.45) is 2.37. The van der Waals surface area contributed by atoms with Crippen LogP contribution in [-0.2, 0) is 16.6 Å². The molecule has 0 spiro atoms. The minimum atomic E-state index is -3.60. The van der Waals surface area contributed by atoms with E-state index >= 15 is 0 Å². The van der Waals surface area contributed by atoms with Gasteiger partial charge < -0.3 is 4.57 Å². The standard InChI is InChI=1S/C16H16FN3O2S/c17-13-6-8-14(9-7-13)23(21,22)19-10-3-11-20-12-18-15-4-1-2-5-16(15)20/h1-2,4-9,12,19H,3,10-11H2. The van der Waals surface area contributed by atoms with Crippen LogP contribution in [0.25, 0.3) is 11.0 Å².